The standard InChI is InChI=1S/C12H8FNO4S/c13-6-1-3-7(4-2-6)18-11-14-12(10(16)17)8(15)5-9(12)19-11/h1-4,9H,5H2,(H,16,17). The number of carboxylic acids is 1. The van der Waals surface area contributed by atoms with Crippen LogP contribution in [0.3, 0.4) is 0 Å². The molecule has 0 amide bonds. The highest BCUT2D eigenvalue weighted by atomic mass is 32.2. The number of carboxylic acid groups (broad SMARTS) is 1. The van der Waals surface area contributed by atoms with Crippen molar-refractivity contribution in [2.45, 2.75) is 17.2 Å². The monoisotopic (exact) mass is 281 g/mol. The van der Waals surface area contributed by atoms with Gasteiger partial charge in [-0.05, 0) is 24.3 Å². The number of carbonyl (C=O) groups excluding carboxylic acids is 1. The van der Waals surface area contributed by atoms with Crippen molar-refractivity contribution in [1.29, 1.82) is 0 Å². The van der Waals surface area contributed by atoms with Crippen molar-refractivity contribution in [3.63, 3.8) is 0 Å². The molecule has 3 rings (SSSR count). The first-order chi connectivity index (χ1) is 9.02. The fourth-order valence-corrected chi connectivity index (χ4v) is 3.30. The molecule has 1 aromatic rings. The van der Waals surface area contributed by atoms with E-state index in [0.29, 0.717) is 5.75 Å². The Morgan fingerprint density at radius 1 is 1.47 bits per heavy atom. The van der Waals surface area contributed by atoms with E-state index in [0.717, 1.165) is 11.8 Å². The molecule has 2 unspecified atom stereocenters. The zero-order valence-electron chi connectivity index (χ0n) is 9.50. The minimum absolute atomic E-state index is 0.129. The Hall–Kier alpha value is -1.89. The number of hydrogen-bond acceptors (Lipinski definition) is 5. The van der Waals surface area contributed by atoms with Gasteiger partial charge in [-0.25, -0.2) is 14.2 Å². The van der Waals surface area contributed by atoms with E-state index < -0.39 is 28.4 Å². The highest BCUT2D eigenvalue weighted by molar-refractivity contribution is 8.14. The summed E-state index contributed by atoms with van der Waals surface area (Å²) in [5.74, 6) is -1.71. The lowest BCUT2D eigenvalue weighted by molar-refractivity contribution is -0.152. The average molecular weight is 281 g/mol. The van der Waals surface area contributed by atoms with Crippen LogP contribution >= 0.6 is 11.8 Å². The van der Waals surface area contributed by atoms with Gasteiger partial charge in [0.25, 0.3) is 5.23 Å². The van der Waals surface area contributed by atoms with E-state index in [2.05, 4.69) is 4.99 Å². The third-order valence-corrected chi connectivity index (χ3v) is 4.29. The predicted octanol–water partition coefficient (Wildman–Crippen LogP) is 1.47. The summed E-state index contributed by atoms with van der Waals surface area (Å²) < 4.78 is 18.1. The molecule has 0 spiro atoms. The number of ether oxygens (including phenoxy) is 1. The van der Waals surface area contributed by atoms with Gasteiger partial charge in [-0.1, -0.05) is 11.8 Å². The highest BCUT2D eigenvalue weighted by Crippen LogP contribution is 2.47. The van der Waals surface area contributed by atoms with Crippen molar-refractivity contribution >= 4 is 28.7 Å². The van der Waals surface area contributed by atoms with E-state index in [4.69, 9.17) is 9.84 Å². The predicted molar refractivity (Wildman–Crippen MR) is 65.8 cm³/mol. The second-order valence-electron chi connectivity index (χ2n) is 4.24. The van der Waals surface area contributed by atoms with Crippen LogP contribution in [-0.2, 0) is 9.59 Å². The molecule has 0 aromatic heterocycles. The van der Waals surface area contributed by atoms with Gasteiger partial charge in [0.05, 0.1) is 5.25 Å². The Balaban J connectivity index is 1.84. The Kier molecular flexibility index (Phi) is 2.60. The molecule has 0 saturated heterocycles. The van der Waals surface area contributed by atoms with Crippen LogP contribution in [0.1, 0.15) is 6.42 Å². The number of halogens is 1. The number of nitrogens with zero attached hydrogens (tertiary/aromatic N) is 1. The first kappa shape index (κ1) is 12.2. The zero-order valence-corrected chi connectivity index (χ0v) is 10.3. The number of benzene rings is 1. The van der Waals surface area contributed by atoms with Gasteiger partial charge in [0, 0.05) is 6.42 Å². The minimum atomic E-state index is -1.68. The molecule has 19 heavy (non-hydrogen) atoms. The van der Waals surface area contributed by atoms with Crippen molar-refractivity contribution in [2.24, 2.45) is 4.99 Å². The van der Waals surface area contributed by atoms with Gasteiger partial charge < -0.3 is 9.84 Å². The third-order valence-electron chi connectivity index (χ3n) is 3.12. The summed E-state index contributed by atoms with van der Waals surface area (Å²) in [6, 6.07) is 5.27. The number of carbonyl (C=O) groups is 2. The summed E-state index contributed by atoms with van der Waals surface area (Å²) >= 11 is 1.12. The highest BCUT2D eigenvalue weighted by Gasteiger charge is 2.65. The SMILES string of the molecule is O=C(O)C12N=C(Oc3ccc(F)cc3)SC1CC2=O. The van der Waals surface area contributed by atoms with E-state index in [-0.39, 0.29) is 11.7 Å². The molecule has 0 bridgehead atoms. The van der Waals surface area contributed by atoms with Crippen LogP contribution < -0.4 is 4.74 Å². The van der Waals surface area contributed by atoms with Crippen LogP contribution in [0.4, 0.5) is 4.39 Å². The van der Waals surface area contributed by atoms with Crippen LogP contribution in [0.5, 0.6) is 5.75 Å². The molecule has 1 aliphatic heterocycles. The Bertz CT molecular complexity index is 590. The smallest absolute Gasteiger partial charge is 0.340 e. The van der Waals surface area contributed by atoms with Gasteiger partial charge in [-0.15, -0.1) is 0 Å². The summed E-state index contributed by atoms with van der Waals surface area (Å²) in [7, 11) is 0. The fraction of sp³-hybridized carbons (Fsp3) is 0.250. The molecule has 1 fully saturated rings. The molecule has 2 aliphatic rings. The Labute approximate surface area is 111 Å². The number of thioether (sulfide) groups is 1. The number of aliphatic imine (C=N–C) groups is 1. The maximum absolute atomic E-state index is 12.7. The number of fused-ring (bicyclic) bond motifs is 1. The molecular weight excluding hydrogens is 273 g/mol. The molecule has 1 aromatic carbocycles. The van der Waals surface area contributed by atoms with Crippen molar-refractivity contribution in [1.82, 2.24) is 0 Å². The van der Waals surface area contributed by atoms with E-state index in [1.54, 1.807) is 0 Å². The quantitative estimate of drug-likeness (QED) is 0.831. The Morgan fingerprint density at radius 2 is 2.16 bits per heavy atom. The second kappa shape index (κ2) is 4.06. The number of hydrogen-bond donors (Lipinski definition) is 1. The molecule has 5 nitrogen and oxygen atoms in total. The zero-order chi connectivity index (χ0) is 13.6. The number of Topliss-reactive ketones (excluding diaryl/α,β-unsaturated/α-hetero) is 1. The van der Waals surface area contributed by atoms with Crippen LogP contribution in [-0.4, -0.2) is 32.9 Å². The third kappa shape index (κ3) is 1.73. The molecule has 1 aliphatic carbocycles. The van der Waals surface area contributed by atoms with E-state index in [1.165, 1.54) is 24.3 Å². The second-order valence-corrected chi connectivity index (χ2v) is 5.39. The molecule has 1 N–H and O–H groups in total. The van der Waals surface area contributed by atoms with E-state index >= 15 is 0 Å². The summed E-state index contributed by atoms with van der Waals surface area (Å²) in [6.07, 6.45) is 0.177. The molecule has 1 heterocycles. The maximum Gasteiger partial charge on any atom is 0.340 e. The molecular formula is C12H8FNO4S. The lowest BCUT2D eigenvalue weighted by atomic mass is 9.75. The van der Waals surface area contributed by atoms with Crippen molar-refractivity contribution < 1.29 is 23.8 Å². The van der Waals surface area contributed by atoms with Gasteiger partial charge in [-0.3, -0.25) is 4.79 Å². The normalized spacial score (nSPS) is 28.4. The first-order valence-corrected chi connectivity index (χ1v) is 6.37. The first-order valence-electron chi connectivity index (χ1n) is 5.49. The van der Waals surface area contributed by atoms with Gasteiger partial charge in [0.15, 0.2) is 5.78 Å². The number of rotatable bonds is 2. The maximum atomic E-state index is 12.7. The van der Waals surface area contributed by atoms with Crippen molar-refractivity contribution in [3.8, 4) is 5.75 Å². The lowest BCUT2D eigenvalue weighted by Crippen LogP contribution is -2.60. The van der Waals surface area contributed by atoms with E-state index in [1.807, 2.05) is 0 Å². The van der Waals surface area contributed by atoms with Crippen LogP contribution in [0.15, 0.2) is 29.3 Å². The molecule has 1 saturated carbocycles. The summed E-state index contributed by atoms with van der Waals surface area (Å²) in [5, 5.41) is 8.86. The van der Waals surface area contributed by atoms with Crippen LogP contribution in [0.25, 0.3) is 0 Å². The fourth-order valence-electron chi connectivity index (χ4n) is 2.03. The van der Waals surface area contributed by atoms with Gasteiger partial charge in [-0.2, -0.15) is 0 Å². The molecule has 0 radical (unpaired) electrons. The van der Waals surface area contributed by atoms with Crippen molar-refractivity contribution in [3.05, 3.63) is 30.1 Å². The topological polar surface area (TPSA) is 76.0 Å². The van der Waals surface area contributed by atoms with Gasteiger partial charge in [0.2, 0.25) is 5.54 Å². The number of ketones is 1. The molecule has 7 heteroatoms. The summed E-state index contributed by atoms with van der Waals surface area (Å²) in [4.78, 5) is 26.6. The molecule has 2 atom stereocenters. The van der Waals surface area contributed by atoms with E-state index in [9.17, 15) is 14.0 Å². The number of aliphatic carboxylic acids is 1. The minimum Gasteiger partial charge on any atom is -0.479 e. The molecule has 98 valence electrons. The summed E-state index contributed by atoms with van der Waals surface area (Å²) in [5.41, 5.74) is -1.68. The largest absolute Gasteiger partial charge is 0.479 e. The van der Waals surface area contributed by atoms with Gasteiger partial charge in [0.1, 0.15) is 11.6 Å². The van der Waals surface area contributed by atoms with Crippen molar-refractivity contribution in [2.75, 3.05) is 0 Å². The lowest BCUT2D eigenvalue weighted by Gasteiger charge is -2.34. The van der Waals surface area contributed by atoms with Crippen LogP contribution in [0.2, 0.25) is 0 Å². The van der Waals surface area contributed by atoms with Gasteiger partial charge >= 0.3 is 5.97 Å². The average Bonchev–Trinajstić information content (AvgIpc) is 2.65. The Morgan fingerprint density at radius 3 is 2.68 bits per heavy atom. The summed E-state index contributed by atoms with van der Waals surface area (Å²) in [6.45, 7) is 0. The van der Waals surface area contributed by atoms with Crippen LogP contribution in [0, 0.1) is 5.82 Å².